The molecule has 1 fully saturated rings. The summed E-state index contributed by atoms with van der Waals surface area (Å²) in [5.74, 6) is -1.23. The van der Waals surface area contributed by atoms with Gasteiger partial charge in [0.1, 0.15) is 12.1 Å². The molecule has 2 aliphatic heterocycles. The van der Waals surface area contributed by atoms with Gasteiger partial charge < -0.3 is 19.7 Å². The third kappa shape index (κ3) is 2.10. The SMILES string of the molecule is O=C(O)C1Cc2nc[nH]c2CN1C(=O)[C@H]1CCCO1. The summed E-state index contributed by atoms with van der Waals surface area (Å²) in [6, 6.07) is -0.854. The van der Waals surface area contributed by atoms with Gasteiger partial charge in [0, 0.05) is 13.0 Å². The summed E-state index contributed by atoms with van der Waals surface area (Å²) in [6.45, 7) is 0.822. The summed E-state index contributed by atoms with van der Waals surface area (Å²) in [5, 5.41) is 9.29. The molecule has 0 bridgehead atoms. The number of carbonyl (C=O) groups excluding carboxylic acids is 1. The maximum Gasteiger partial charge on any atom is 0.326 e. The first kappa shape index (κ1) is 12.2. The van der Waals surface area contributed by atoms with Crippen LogP contribution in [0.2, 0.25) is 0 Å². The Hall–Kier alpha value is -1.89. The molecule has 1 aromatic heterocycles. The van der Waals surface area contributed by atoms with E-state index in [0.717, 1.165) is 17.8 Å². The Labute approximate surface area is 109 Å². The first-order valence-corrected chi connectivity index (χ1v) is 6.33. The minimum atomic E-state index is -1.00. The molecule has 1 unspecified atom stereocenters. The number of nitrogens with zero attached hydrogens (tertiary/aromatic N) is 2. The van der Waals surface area contributed by atoms with E-state index >= 15 is 0 Å². The van der Waals surface area contributed by atoms with Crippen molar-refractivity contribution >= 4 is 11.9 Å². The molecule has 2 aliphatic rings. The Balaban J connectivity index is 1.85. The summed E-state index contributed by atoms with van der Waals surface area (Å²) in [5.41, 5.74) is 1.53. The molecule has 1 saturated heterocycles. The van der Waals surface area contributed by atoms with Gasteiger partial charge in [-0.3, -0.25) is 4.79 Å². The van der Waals surface area contributed by atoms with E-state index in [4.69, 9.17) is 4.74 Å². The van der Waals surface area contributed by atoms with Crippen LogP contribution in [0.1, 0.15) is 24.2 Å². The molecule has 1 aromatic rings. The predicted octanol–water partition coefficient (Wildman–Crippen LogP) is -0.0734. The Bertz CT molecular complexity index is 507. The number of carboxylic acid groups (broad SMARTS) is 1. The largest absolute Gasteiger partial charge is 0.480 e. The molecule has 0 radical (unpaired) electrons. The van der Waals surface area contributed by atoms with Gasteiger partial charge in [-0.15, -0.1) is 0 Å². The monoisotopic (exact) mass is 265 g/mol. The molecule has 3 rings (SSSR count). The first-order chi connectivity index (χ1) is 9.16. The van der Waals surface area contributed by atoms with E-state index in [1.807, 2.05) is 0 Å². The second-order valence-corrected chi connectivity index (χ2v) is 4.85. The van der Waals surface area contributed by atoms with Crippen LogP contribution in [-0.2, 0) is 27.3 Å². The molecule has 7 nitrogen and oxygen atoms in total. The number of hydrogen-bond donors (Lipinski definition) is 2. The molecule has 0 spiro atoms. The minimum absolute atomic E-state index is 0.231. The van der Waals surface area contributed by atoms with Gasteiger partial charge in [-0.2, -0.15) is 0 Å². The third-order valence-corrected chi connectivity index (χ3v) is 3.67. The predicted molar refractivity (Wildman–Crippen MR) is 63.2 cm³/mol. The van der Waals surface area contributed by atoms with E-state index in [-0.39, 0.29) is 18.9 Å². The Morgan fingerprint density at radius 3 is 3.05 bits per heavy atom. The van der Waals surface area contributed by atoms with Crippen LogP contribution < -0.4 is 0 Å². The van der Waals surface area contributed by atoms with Crippen LogP contribution in [0.15, 0.2) is 6.33 Å². The highest BCUT2D eigenvalue weighted by Crippen LogP contribution is 2.24. The molecule has 2 N–H and O–H groups in total. The lowest BCUT2D eigenvalue weighted by Crippen LogP contribution is -2.51. The normalized spacial score (nSPS) is 26.2. The number of fused-ring (bicyclic) bond motifs is 1. The van der Waals surface area contributed by atoms with Crippen molar-refractivity contribution in [2.75, 3.05) is 6.61 Å². The Kier molecular flexibility index (Phi) is 2.98. The molecule has 2 atom stereocenters. The number of aromatic nitrogens is 2. The fourth-order valence-corrected chi connectivity index (χ4v) is 2.65. The number of nitrogens with one attached hydrogen (secondary N) is 1. The Morgan fingerprint density at radius 1 is 1.53 bits per heavy atom. The smallest absolute Gasteiger partial charge is 0.326 e. The third-order valence-electron chi connectivity index (χ3n) is 3.67. The quantitative estimate of drug-likeness (QED) is 0.780. The number of hydrogen-bond acceptors (Lipinski definition) is 4. The zero-order valence-corrected chi connectivity index (χ0v) is 10.3. The average Bonchev–Trinajstić information content (AvgIpc) is 3.06. The number of H-pyrrole nitrogens is 1. The number of aliphatic carboxylic acids is 1. The van der Waals surface area contributed by atoms with E-state index in [1.165, 1.54) is 11.2 Å². The molecule has 0 aliphatic carbocycles. The zero-order valence-electron chi connectivity index (χ0n) is 10.3. The number of rotatable bonds is 2. The highest BCUT2D eigenvalue weighted by atomic mass is 16.5. The van der Waals surface area contributed by atoms with Crippen molar-refractivity contribution in [2.24, 2.45) is 0 Å². The number of ether oxygens (including phenoxy) is 1. The summed E-state index contributed by atoms with van der Waals surface area (Å²) >= 11 is 0. The van der Waals surface area contributed by atoms with E-state index in [9.17, 15) is 14.7 Å². The van der Waals surface area contributed by atoms with Crippen LogP contribution in [0.25, 0.3) is 0 Å². The lowest BCUT2D eigenvalue weighted by Gasteiger charge is -2.33. The van der Waals surface area contributed by atoms with E-state index < -0.39 is 18.1 Å². The van der Waals surface area contributed by atoms with Gasteiger partial charge in [0.2, 0.25) is 0 Å². The van der Waals surface area contributed by atoms with Crippen LogP contribution in [-0.4, -0.2) is 50.6 Å². The van der Waals surface area contributed by atoms with Crippen LogP contribution in [0, 0.1) is 0 Å². The second kappa shape index (κ2) is 4.65. The Morgan fingerprint density at radius 2 is 2.37 bits per heavy atom. The standard InChI is InChI=1S/C12H15N3O4/c16-11(10-2-1-3-19-10)15-5-8-7(13-6-14-8)4-9(15)12(17)18/h6,9-10H,1-5H2,(H,13,14)(H,17,18)/t9?,10-/m1/s1. The summed E-state index contributed by atoms with van der Waals surface area (Å²) in [4.78, 5) is 32.1. The second-order valence-electron chi connectivity index (χ2n) is 4.85. The van der Waals surface area contributed by atoms with Crippen molar-refractivity contribution in [1.82, 2.24) is 14.9 Å². The van der Waals surface area contributed by atoms with Crippen molar-refractivity contribution in [3.63, 3.8) is 0 Å². The van der Waals surface area contributed by atoms with Crippen LogP contribution in [0.4, 0.5) is 0 Å². The fourth-order valence-electron chi connectivity index (χ4n) is 2.65. The number of amides is 1. The number of carboxylic acids is 1. The highest BCUT2D eigenvalue weighted by molar-refractivity contribution is 5.87. The zero-order chi connectivity index (χ0) is 13.4. The molecule has 19 heavy (non-hydrogen) atoms. The first-order valence-electron chi connectivity index (χ1n) is 6.33. The van der Waals surface area contributed by atoms with E-state index in [2.05, 4.69) is 9.97 Å². The number of aromatic amines is 1. The molecule has 102 valence electrons. The van der Waals surface area contributed by atoms with Crippen LogP contribution in [0.5, 0.6) is 0 Å². The highest BCUT2D eigenvalue weighted by Gasteiger charge is 2.39. The van der Waals surface area contributed by atoms with Gasteiger partial charge >= 0.3 is 5.97 Å². The van der Waals surface area contributed by atoms with E-state index in [0.29, 0.717) is 13.0 Å². The molecule has 1 amide bonds. The van der Waals surface area contributed by atoms with Gasteiger partial charge in [-0.25, -0.2) is 9.78 Å². The van der Waals surface area contributed by atoms with Crippen molar-refractivity contribution in [1.29, 1.82) is 0 Å². The maximum atomic E-state index is 12.4. The molecule has 0 saturated carbocycles. The molecular formula is C12H15N3O4. The number of imidazole rings is 1. The summed E-state index contributed by atoms with van der Waals surface area (Å²) in [6.07, 6.45) is 2.79. The molecule has 3 heterocycles. The maximum absolute atomic E-state index is 12.4. The topological polar surface area (TPSA) is 95.5 Å². The van der Waals surface area contributed by atoms with E-state index in [1.54, 1.807) is 0 Å². The summed E-state index contributed by atoms with van der Waals surface area (Å²) in [7, 11) is 0. The van der Waals surface area contributed by atoms with Crippen LogP contribution in [0.3, 0.4) is 0 Å². The average molecular weight is 265 g/mol. The van der Waals surface area contributed by atoms with Gasteiger partial charge in [0.15, 0.2) is 0 Å². The molecule has 7 heteroatoms. The van der Waals surface area contributed by atoms with Gasteiger partial charge in [0.25, 0.3) is 5.91 Å². The molecule has 0 aromatic carbocycles. The van der Waals surface area contributed by atoms with Crippen molar-refractivity contribution in [3.05, 3.63) is 17.7 Å². The van der Waals surface area contributed by atoms with Crippen molar-refractivity contribution < 1.29 is 19.4 Å². The van der Waals surface area contributed by atoms with Crippen molar-refractivity contribution in [2.45, 2.75) is 38.0 Å². The van der Waals surface area contributed by atoms with Crippen LogP contribution >= 0.6 is 0 Å². The number of carbonyl (C=O) groups is 2. The lowest BCUT2D eigenvalue weighted by atomic mass is 10.0. The minimum Gasteiger partial charge on any atom is -0.480 e. The van der Waals surface area contributed by atoms with Gasteiger partial charge in [-0.05, 0) is 12.8 Å². The van der Waals surface area contributed by atoms with Gasteiger partial charge in [-0.1, -0.05) is 0 Å². The van der Waals surface area contributed by atoms with Crippen molar-refractivity contribution in [3.8, 4) is 0 Å². The molecular weight excluding hydrogens is 250 g/mol. The summed E-state index contributed by atoms with van der Waals surface area (Å²) < 4.78 is 5.36. The fraction of sp³-hybridized carbons (Fsp3) is 0.583. The lowest BCUT2D eigenvalue weighted by molar-refractivity contribution is -0.156. The van der Waals surface area contributed by atoms with Gasteiger partial charge in [0.05, 0.1) is 24.3 Å².